The maximum atomic E-state index is 12.3. The third-order valence-electron chi connectivity index (χ3n) is 5.18. The van der Waals surface area contributed by atoms with Crippen molar-refractivity contribution in [1.29, 1.82) is 0 Å². The van der Waals surface area contributed by atoms with E-state index in [9.17, 15) is 9.59 Å². The molecule has 1 saturated carbocycles. The molecule has 0 saturated heterocycles. The van der Waals surface area contributed by atoms with Gasteiger partial charge in [-0.3, -0.25) is 4.79 Å². The van der Waals surface area contributed by atoms with Crippen LogP contribution < -0.4 is 20.7 Å². The van der Waals surface area contributed by atoms with Gasteiger partial charge in [0.2, 0.25) is 5.91 Å². The highest BCUT2D eigenvalue weighted by Gasteiger charge is 2.23. The number of ether oxygens (including phenoxy) is 1. The zero-order valence-corrected chi connectivity index (χ0v) is 17.1. The van der Waals surface area contributed by atoms with E-state index in [0.717, 1.165) is 24.8 Å². The van der Waals surface area contributed by atoms with Crippen molar-refractivity contribution in [1.82, 2.24) is 10.6 Å². The second-order valence-corrected chi connectivity index (χ2v) is 8.41. The fourth-order valence-electron chi connectivity index (χ4n) is 3.38. The largest absolute Gasteiger partial charge is 0.495 e. The number of hydrogen-bond acceptors (Lipinski definition) is 3. The molecule has 6 heteroatoms. The molecule has 1 aromatic carbocycles. The van der Waals surface area contributed by atoms with Gasteiger partial charge in [-0.25, -0.2) is 4.79 Å². The number of anilines is 1. The molecular weight excluding hydrogens is 342 g/mol. The molecule has 150 valence electrons. The van der Waals surface area contributed by atoms with Gasteiger partial charge in [0.05, 0.1) is 19.3 Å². The predicted molar refractivity (Wildman–Crippen MR) is 108 cm³/mol. The number of urea groups is 1. The number of benzene rings is 1. The number of rotatable bonds is 5. The number of hydrogen-bond donors (Lipinski definition) is 3. The molecule has 1 aliphatic rings. The lowest BCUT2D eigenvalue weighted by Gasteiger charge is -2.29. The summed E-state index contributed by atoms with van der Waals surface area (Å²) in [6.45, 7) is 8.40. The van der Waals surface area contributed by atoms with Crippen molar-refractivity contribution < 1.29 is 14.3 Å². The molecule has 0 bridgehead atoms. The van der Waals surface area contributed by atoms with Crippen molar-refractivity contribution in [3.05, 3.63) is 23.8 Å². The van der Waals surface area contributed by atoms with Gasteiger partial charge in [0.25, 0.3) is 0 Å². The molecule has 0 heterocycles. The molecule has 2 rings (SSSR count). The Morgan fingerprint density at radius 3 is 2.52 bits per heavy atom. The molecule has 0 aliphatic heterocycles. The average Bonchev–Trinajstić information content (AvgIpc) is 2.61. The van der Waals surface area contributed by atoms with E-state index in [1.165, 1.54) is 6.42 Å². The third kappa shape index (κ3) is 6.15. The highest BCUT2D eigenvalue weighted by atomic mass is 16.5. The molecule has 0 spiro atoms. The van der Waals surface area contributed by atoms with Gasteiger partial charge >= 0.3 is 6.03 Å². The summed E-state index contributed by atoms with van der Waals surface area (Å²) >= 11 is 0. The van der Waals surface area contributed by atoms with Gasteiger partial charge < -0.3 is 20.7 Å². The van der Waals surface area contributed by atoms with Crippen molar-refractivity contribution in [3.8, 4) is 5.75 Å². The van der Waals surface area contributed by atoms with Crippen LogP contribution in [-0.4, -0.2) is 31.6 Å². The fourth-order valence-corrected chi connectivity index (χ4v) is 3.38. The second-order valence-electron chi connectivity index (χ2n) is 8.41. The van der Waals surface area contributed by atoms with Crippen LogP contribution in [0.3, 0.4) is 0 Å². The summed E-state index contributed by atoms with van der Waals surface area (Å²) < 4.78 is 5.34. The molecule has 3 amide bonds. The van der Waals surface area contributed by atoms with E-state index in [1.54, 1.807) is 7.11 Å². The van der Waals surface area contributed by atoms with E-state index in [2.05, 4.69) is 43.6 Å². The molecular formula is C21H33N3O3. The first-order chi connectivity index (χ1) is 12.7. The summed E-state index contributed by atoms with van der Waals surface area (Å²) in [6, 6.07) is 5.65. The van der Waals surface area contributed by atoms with Gasteiger partial charge in [0.1, 0.15) is 5.75 Å². The maximum Gasteiger partial charge on any atom is 0.315 e. The second kappa shape index (κ2) is 9.11. The summed E-state index contributed by atoms with van der Waals surface area (Å²) in [4.78, 5) is 24.4. The smallest absolute Gasteiger partial charge is 0.315 e. The van der Waals surface area contributed by atoms with E-state index in [4.69, 9.17) is 4.74 Å². The Morgan fingerprint density at radius 2 is 1.89 bits per heavy atom. The normalized spacial score (nSPS) is 19.9. The Hall–Kier alpha value is -2.24. The van der Waals surface area contributed by atoms with Crippen LogP contribution in [0.1, 0.15) is 58.9 Å². The van der Waals surface area contributed by atoms with E-state index in [1.807, 2.05) is 18.2 Å². The predicted octanol–water partition coefficient (Wildman–Crippen LogP) is 3.81. The van der Waals surface area contributed by atoms with Gasteiger partial charge in [0, 0.05) is 6.04 Å². The van der Waals surface area contributed by atoms with E-state index in [-0.39, 0.29) is 29.9 Å². The minimum atomic E-state index is -0.292. The number of amides is 3. The first-order valence-electron chi connectivity index (χ1n) is 9.73. The van der Waals surface area contributed by atoms with Gasteiger partial charge in [-0.1, -0.05) is 46.6 Å². The van der Waals surface area contributed by atoms with Crippen LogP contribution in [0.5, 0.6) is 5.75 Å². The Labute approximate surface area is 162 Å². The lowest BCUT2D eigenvalue weighted by molar-refractivity contribution is -0.115. The lowest BCUT2D eigenvalue weighted by Crippen LogP contribution is -2.47. The van der Waals surface area contributed by atoms with Crippen LogP contribution in [0.15, 0.2) is 18.2 Å². The Kier molecular flexibility index (Phi) is 7.11. The van der Waals surface area contributed by atoms with Crippen LogP contribution >= 0.6 is 0 Å². The maximum absolute atomic E-state index is 12.3. The molecule has 6 nitrogen and oxygen atoms in total. The van der Waals surface area contributed by atoms with Crippen molar-refractivity contribution >= 4 is 17.6 Å². The number of nitrogens with one attached hydrogen (secondary N) is 3. The first-order valence-corrected chi connectivity index (χ1v) is 9.73. The summed E-state index contributed by atoms with van der Waals surface area (Å²) in [7, 11) is 1.57. The summed E-state index contributed by atoms with van der Waals surface area (Å²) in [5, 5.41) is 8.47. The highest BCUT2D eigenvalue weighted by Crippen LogP contribution is 2.31. The average molecular weight is 376 g/mol. The van der Waals surface area contributed by atoms with Crippen LogP contribution in [0.4, 0.5) is 10.5 Å². The molecule has 2 atom stereocenters. The van der Waals surface area contributed by atoms with E-state index >= 15 is 0 Å². The van der Waals surface area contributed by atoms with Gasteiger partial charge in [-0.05, 0) is 41.9 Å². The molecule has 27 heavy (non-hydrogen) atoms. The summed E-state index contributed by atoms with van der Waals surface area (Å²) in [5.41, 5.74) is 1.66. The molecule has 0 unspecified atom stereocenters. The SMILES string of the molecule is COc1ccc(C(C)(C)C)cc1NC(=O)CNC(=O)N[C@H]1CCCC[C@@H]1C. The van der Waals surface area contributed by atoms with Crippen LogP contribution in [0.2, 0.25) is 0 Å². The number of carbonyl (C=O) groups is 2. The van der Waals surface area contributed by atoms with Crippen molar-refractivity contribution in [3.63, 3.8) is 0 Å². The third-order valence-corrected chi connectivity index (χ3v) is 5.18. The van der Waals surface area contributed by atoms with Crippen LogP contribution in [0.25, 0.3) is 0 Å². The molecule has 3 N–H and O–H groups in total. The van der Waals surface area contributed by atoms with Gasteiger partial charge in [-0.2, -0.15) is 0 Å². The lowest BCUT2D eigenvalue weighted by atomic mass is 9.86. The Bertz CT molecular complexity index is 667. The van der Waals surface area contributed by atoms with Crippen molar-refractivity contribution in [2.24, 2.45) is 5.92 Å². The highest BCUT2D eigenvalue weighted by molar-refractivity contribution is 5.95. The van der Waals surface area contributed by atoms with Crippen molar-refractivity contribution in [2.45, 2.75) is 64.8 Å². The zero-order valence-electron chi connectivity index (χ0n) is 17.1. The van der Waals surface area contributed by atoms with Gasteiger partial charge in [0.15, 0.2) is 0 Å². The summed E-state index contributed by atoms with van der Waals surface area (Å²) in [6.07, 6.45) is 4.49. The number of methoxy groups -OCH3 is 1. The molecule has 1 aliphatic carbocycles. The molecule has 1 aromatic rings. The molecule has 1 fully saturated rings. The fraction of sp³-hybridized carbons (Fsp3) is 0.619. The van der Waals surface area contributed by atoms with Crippen molar-refractivity contribution in [2.75, 3.05) is 19.0 Å². The Balaban J connectivity index is 1.90. The van der Waals surface area contributed by atoms with E-state index < -0.39 is 0 Å². The van der Waals surface area contributed by atoms with Crippen LogP contribution in [0, 0.1) is 5.92 Å². The quantitative estimate of drug-likeness (QED) is 0.732. The van der Waals surface area contributed by atoms with E-state index in [0.29, 0.717) is 17.4 Å². The monoisotopic (exact) mass is 375 g/mol. The van der Waals surface area contributed by atoms with Gasteiger partial charge in [-0.15, -0.1) is 0 Å². The molecule has 0 aromatic heterocycles. The minimum absolute atomic E-state index is 0.0411. The number of carbonyl (C=O) groups excluding carboxylic acids is 2. The molecule has 0 radical (unpaired) electrons. The minimum Gasteiger partial charge on any atom is -0.495 e. The van der Waals surface area contributed by atoms with Crippen LogP contribution in [-0.2, 0) is 10.2 Å². The topological polar surface area (TPSA) is 79.5 Å². The first kappa shape index (κ1) is 21.1. The Morgan fingerprint density at radius 1 is 1.19 bits per heavy atom. The standard InChI is InChI=1S/C21H33N3O3/c1-14-8-6-7-9-16(14)24-20(26)22-13-19(25)23-17-12-15(21(2,3)4)10-11-18(17)27-5/h10-12,14,16H,6-9,13H2,1-5H3,(H,23,25)(H2,22,24,26)/t14-,16-/m0/s1. The zero-order chi connectivity index (χ0) is 20.0. The summed E-state index contributed by atoms with van der Waals surface area (Å²) in [5.74, 6) is 0.783.